The number of benzene rings is 2. The first-order chi connectivity index (χ1) is 11.7. The van der Waals surface area contributed by atoms with Crippen LogP contribution < -0.4 is 10.1 Å². The minimum Gasteiger partial charge on any atom is -0.485 e. The third kappa shape index (κ3) is 3.95. The normalized spacial score (nSPS) is 10.2. The molecule has 11 heteroatoms. The largest absolute Gasteiger partial charge is 0.485 e. The van der Waals surface area contributed by atoms with Gasteiger partial charge in [0.1, 0.15) is 0 Å². The fourth-order valence-corrected chi connectivity index (χ4v) is 2.29. The molecule has 1 amide bonds. The van der Waals surface area contributed by atoms with Crippen LogP contribution in [0.4, 0.5) is 17.1 Å². The van der Waals surface area contributed by atoms with Crippen LogP contribution in [0.5, 0.6) is 5.75 Å². The van der Waals surface area contributed by atoms with E-state index in [1.165, 1.54) is 18.2 Å². The highest BCUT2D eigenvalue weighted by Crippen LogP contribution is 2.39. The molecule has 25 heavy (non-hydrogen) atoms. The first-order valence-electron chi connectivity index (χ1n) is 6.51. The van der Waals surface area contributed by atoms with Crippen LogP contribution in [-0.4, -0.2) is 22.9 Å². The molecule has 0 unspecified atom stereocenters. The number of rotatable bonds is 5. The number of hydrogen-bond acceptors (Lipinski definition) is 6. The molecule has 1 N–H and O–H groups in total. The van der Waals surface area contributed by atoms with E-state index < -0.39 is 32.9 Å². The van der Waals surface area contributed by atoms with Crippen molar-refractivity contribution in [1.82, 2.24) is 0 Å². The van der Waals surface area contributed by atoms with Gasteiger partial charge in [-0.15, -0.1) is 0 Å². The smallest absolute Gasteiger partial charge is 0.320 e. The molecular formula is C14H9Cl2N3O6. The maximum absolute atomic E-state index is 12.2. The Morgan fingerprint density at radius 2 is 1.60 bits per heavy atom. The number of amides is 1. The molecule has 2 rings (SSSR count). The van der Waals surface area contributed by atoms with E-state index in [1.807, 2.05) is 0 Å². The monoisotopic (exact) mass is 385 g/mol. The number of nitro benzene ring substituents is 2. The molecule has 2 aromatic carbocycles. The highest BCUT2D eigenvalue weighted by atomic mass is 35.5. The van der Waals surface area contributed by atoms with Gasteiger partial charge in [0.15, 0.2) is 0 Å². The predicted octanol–water partition coefficient (Wildman–Crippen LogP) is 4.07. The summed E-state index contributed by atoms with van der Waals surface area (Å²) in [6.07, 6.45) is 0. The second kappa shape index (κ2) is 7.32. The number of methoxy groups -OCH3 is 1. The van der Waals surface area contributed by atoms with Crippen LogP contribution in [0.15, 0.2) is 30.3 Å². The Balaban J connectivity index is 2.45. The number of carbonyl (C=O) groups is 1. The summed E-state index contributed by atoms with van der Waals surface area (Å²) < 4.78 is 4.74. The number of nitro groups is 2. The topological polar surface area (TPSA) is 125 Å². The summed E-state index contributed by atoms with van der Waals surface area (Å²) >= 11 is 11.6. The van der Waals surface area contributed by atoms with Gasteiger partial charge in [0, 0.05) is 17.7 Å². The lowest BCUT2D eigenvalue weighted by Crippen LogP contribution is -2.12. The van der Waals surface area contributed by atoms with Gasteiger partial charge in [0.2, 0.25) is 0 Å². The summed E-state index contributed by atoms with van der Waals surface area (Å²) in [6, 6.07) is 6.00. The second-order valence-corrected chi connectivity index (χ2v) is 5.46. The number of nitrogens with one attached hydrogen (secondary N) is 1. The lowest BCUT2D eigenvalue weighted by atomic mass is 10.2. The molecule has 0 radical (unpaired) electrons. The van der Waals surface area contributed by atoms with Gasteiger partial charge in [0.25, 0.3) is 11.7 Å². The Morgan fingerprint density at radius 1 is 1.04 bits per heavy atom. The maximum atomic E-state index is 12.2. The summed E-state index contributed by atoms with van der Waals surface area (Å²) in [5.74, 6) is -1.19. The van der Waals surface area contributed by atoms with Gasteiger partial charge in [-0.2, -0.15) is 0 Å². The SMILES string of the molecule is COc1c([N+](=O)[O-])cc(NC(=O)c2ccc(Cl)c(Cl)c2)cc1[N+](=O)[O-]. The standard InChI is InChI=1S/C14H9Cl2N3O6/c1-25-13-11(18(21)22)5-8(6-12(13)19(23)24)17-14(20)7-2-3-9(15)10(16)4-7/h2-6H,1H3,(H,17,20). The Morgan fingerprint density at radius 3 is 2.04 bits per heavy atom. The van der Waals surface area contributed by atoms with Gasteiger partial charge in [-0.1, -0.05) is 23.2 Å². The second-order valence-electron chi connectivity index (χ2n) is 4.64. The van der Waals surface area contributed by atoms with Crippen LogP contribution in [0, 0.1) is 20.2 Å². The summed E-state index contributed by atoms with van der Waals surface area (Å²) in [4.78, 5) is 32.7. The van der Waals surface area contributed by atoms with Crippen LogP contribution in [0.25, 0.3) is 0 Å². The van der Waals surface area contributed by atoms with Gasteiger partial charge in [0.05, 0.1) is 32.7 Å². The molecule has 0 saturated carbocycles. The van der Waals surface area contributed by atoms with Crippen LogP contribution in [-0.2, 0) is 0 Å². The predicted molar refractivity (Wildman–Crippen MR) is 90.7 cm³/mol. The molecule has 0 aliphatic rings. The van der Waals surface area contributed by atoms with Crippen LogP contribution in [0.1, 0.15) is 10.4 Å². The van der Waals surface area contributed by atoms with Crippen molar-refractivity contribution in [1.29, 1.82) is 0 Å². The highest BCUT2D eigenvalue weighted by Gasteiger charge is 2.28. The number of ether oxygens (including phenoxy) is 1. The summed E-state index contributed by atoms with van der Waals surface area (Å²) in [7, 11) is 1.07. The van der Waals surface area contributed by atoms with Crippen molar-refractivity contribution in [3.63, 3.8) is 0 Å². The molecule has 2 aromatic rings. The van der Waals surface area contributed by atoms with E-state index in [4.69, 9.17) is 27.9 Å². The minimum absolute atomic E-state index is 0.121. The molecule has 0 spiro atoms. The zero-order valence-electron chi connectivity index (χ0n) is 12.5. The third-order valence-corrected chi connectivity index (χ3v) is 3.83. The fraction of sp³-hybridized carbons (Fsp3) is 0.0714. The van der Waals surface area contributed by atoms with E-state index in [-0.39, 0.29) is 21.3 Å². The average Bonchev–Trinajstić information content (AvgIpc) is 2.56. The highest BCUT2D eigenvalue weighted by molar-refractivity contribution is 6.42. The maximum Gasteiger partial charge on any atom is 0.320 e. The first-order valence-corrected chi connectivity index (χ1v) is 7.27. The van der Waals surface area contributed by atoms with E-state index in [9.17, 15) is 25.0 Å². The lowest BCUT2D eigenvalue weighted by Gasteiger charge is -2.08. The first kappa shape index (κ1) is 18.4. The van der Waals surface area contributed by atoms with Crippen LogP contribution in [0.2, 0.25) is 10.0 Å². The number of anilines is 1. The number of halogens is 2. The van der Waals surface area contributed by atoms with Crippen molar-refractivity contribution < 1.29 is 19.4 Å². The van der Waals surface area contributed by atoms with E-state index in [1.54, 1.807) is 0 Å². The summed E-state index contributed by atoms with van der Waals surface area (Å²) in [6.45, 7) is 0. The van der Waals surface area contributed by atoms with Gasteiger partial charge in [-0.25, -0.2) is 0 Å². The quantitative estimate of drug-likeness (QED) is 0.610. The summed E-state index contributed by atoms with van der Waals surface area (Å²) in [5, 5.41) is 24.9. The van der Waals surface area contributed by atoms with Gasteiger partial charge in [-0.3, -0.25) is 25.0 Å². The zero-order valence-corrected chi connectivity index (χ0v) is 14.0. The average molecular weight is 386 g/mol. The number of carbonyl (C=O) groups excluding carboxylic acids is 1. The van der Waals surface area contributed by atoms with Crippen molar-refractivity contribution >= 4 is 46.2 Å². The fourth-order valence-electron chi connectivity index (χ4n) is 1.99. The van der Waals surface area contributed by atoms with Crippen LogP contribution in [0.3, 0.4) is 0 Å². The van der Waals surface area contributed by atoms with E-state index in [2.05, 4.69) is 5.32 Å². The molecule has 0 aliphatic heterocycles. The number of nitrogens with zero attached hydrogens (tertiary/aromatic N) is 2. The lowest BCUT2D eigenvalue weighted by molar-refractivity contribution is -0.395. The Hall–Kier alpha value is -2.91. The van der Waals surface area contributed by atoms with Gasteiger partial charge >= 0.3 is 11.4 Å². The molecule has 9 nitrogen and oxygen atoms in total. The summed E-state index contributed by atoms with van der Waals surface area (Å²) in [5.41, 5.74) is -1.33. The molecule has 0 fully saturated rings. The van der Waals surface area contributed by atoms with Crippen molar-refractivity contribution in [2.45, 2.75) is 0 Å². The van der Waals surface area contributed by atoms with Crippen molar-refractivity contribution in [3.8, 4) is 5.75 Å². The van der Waals surface area contributed by atoms with E-state index in [0.717, 1.165) is 19.2 Å². The van der Waals surface area contributed by atoms with Crippen molar-refractivity contribution in [3.05, 3.63) is 66.2 Å². The molecule has 0 saturated heterocycles. The zero-order chi connectivity index (χ0) is 18.7. The molecule has 0 atom stereocenters. The minimum atomic E-state index is -0.847. The van der Waals surface area contributed by atoms with Crippen LogP contribution >= 0.6 is 23.2 Å². The molecule has 0 heterocycles. The van der Waals surface area contributed by atoms with Gasteiger partial charge in [-0.05, 0) is 18.2 Å². The van der Waals surface area contributed by atoms with Crippen molar-refractivity contribution in [2.75, 3.05) is 12.4 Å². The number of hydrogen-bond donors (Lipinski definition) is 1. The molecule has 130 valence electrons. The molecule has 0 bridgehead atoms. The Labute approximate surface area is 150 Å². The molecule has 0 aromatic heterocycles. The van der Waals surface area contributed by atoms with Gasteiger partial charge < -0.3 is 10.1 Å². The van der Waals surface area contributed by atoms with Crippen molar-refractivity contribution in [2.24, 2.45) is 0 Å². The Bertz CT molecular complexity index is 852. The molecular weight excluding hydrogens is 377 g/mol. The molecule has 0 aliphatic carbocycles. The Kier molecular flexibility index (Phi) is 5.40. The third-order valence-electron chi connectivity index (χ3n) is 3.09. The van der Waals surface area contributed by atoms with E-state index >= 15 is 0 Å². The van der Waals surface area contributed by atoms with E-state index in [0.29, 0.717) is 0 Å².